The van der Waals surface area contributed by atoms with Crippen molar-refractivity contribution in [1.82, 2.24) is 14.5 Å². The van der Waals surface area contributed by atoms with Gasteiger partial charge < -0.3 is 14.3 Å². The summed E-state index contributed by atoms with van der Waals surface area (Å²) in [5, 5.41) is 0.886. The van der Waals surface area contributed by atoms with Crippen LogP contribution in [0.2, 0.25) is 18.1 Å². The summed E-state index contributed by atoms with van der Waals surface area (Å²) in [6, 6.07) is 3.88. The number of hydrogen-bond donors (Lipinski definition) is 1. The summed E-state index contributed by atoms with van der Waals surface area (Å²) in [4.78, 5) is 30.1. The van der Waals surface area contributed by atoms with E-state index in [1.54, 1.807) is 0 Å². The SMILES string of the molecule is Cn1c2c(c3ccc(Br)nc31)C(=O)N(CCCC(C)(C)[Si](C)(C)O)CC2. The standard InChI is InChI=1S/C19H28BrN3O2Si/c1-19(2,26(4,5)25)10-6-11-23-12-9-14-16(18(23)24)13-7-8-15(20)21-17(13)22(14)3/h7-8,25H,6,9-12H2,1-5H3. The number of fused-ring (bicyclic) bond motifs is 3. The molecule has 0 bridgehead atoms. The lowest BCUT2D eigenvalue weighted by atomic mass is 10.0. The highest BCUT2D eigenvalue weighted by molar-refractivity contribution is 9.10. The molecule has 142 valence electrons. The van der Waals surface area contributed by atoms with Gasteiger partial charge in [-0.2, -0.15) is 0 Å². The van der Waals surface area contributed by atoms with Crippen LogP contribution in [-0.4, -0.2) is 46.6 Å². The van der Waals surface area contributed by atoms with Crippen LogP contribution in [-0.2, 0) is 13.5 Å². The highest BCUT2D eigenvalue weighted by atomic mass is 79.9. The number of aryl methyl sites for hydroxylation is 1. The van der Waals surface area contributed by atoms with Crippen LogP contribution in [0.15, 0.2) is 16.7 Å². The van der Waals surface area contributed by atoms with Gasteiger partial charge in [-0.15, -0.1) is 0 Å². The zero-order valence-electron chi connectivity index (χ0n) is 16.3. The van der Waals surface area contributed by atoms with Gasteiger partial charge in [-0.25, -0.2) is 4.98 Å². The summed E-state index contributed by atoms with van der Waals surface area (Å²) in [5.74, 6) is 0.110. The molecule has 1 amide bonds. The lowest BCUT2D eigenvalue weighted by Crippen LogP contribution is -2.41. The first kappa shape index (κ1) is 19.6. The highest BCUT2D eigenvalue weighted by Crippen LogP contribution is 2.40. The molecule has 0 saturated carbocycles. The molecular weight excluding hydrogens is 410 g/mol. The van der Waals surface area contributed by atoms with Gasteiger partial charge in [-0.3, -0.25) is 4.79 Å². The fourth-order valence-corrected chi connectivity index (χ4v) is 4.68. The van der Waals surface area contributed by atoms with E-state index in [-0.39, 0.29) is 10.9 Å². The minimum absolute atomic E-state index is 0.0490. The molecule has 2 aromatic rings. The van der Waals surface area contributed by atoms with Crippen LogP contribution in [0.1, 0.15) is 42.7 Å². The topological polar surface area (TPSA) is 58.4 Å². The molecule has 3 rings (SSSR count). The van der Waals surface area contributed by atoms with Crippen molar-refractivity contribution in [3.05, 3.63) is 28.0 Å². The first-order valence-corrected chi connectivity index (χ1v) is 12.9. The molecule has 2 aromatic heterocycles. The number of hydrogen-bond acceptors (Lipinski definition) is 3. The van der Waals surface area contributed by atoms with Crippen LogP contribution >= 0.6 is 15.9 Å². The molecule has 0 spiro atoms. The Labute approximate surface area is 164 Å². The maximum atomic E-state index is 13.1. The lowest BCUT2D eigenvalue weighted by molar-refractivity contribution is 0.0735. The Morgan fingerprint density at radius 1 is 1.35 bits per heavy atom. The lowest BCUT2D eigenvalue weighted by Gasteiger charge is -2.36. The maximum Gasteiger partial charge on any atom is 0.256 e. The number of amides is 1. The molecule has 0 aliphatic carbocycles. The molecular formula is C19H28BrN3O2Si. The molecule has 1 aliphatic rings. The van der Waals surface area contributed by atoms with E-state index < -0.39 is 8.32 Å². The second-order valence-electron chi connectivity index (χ2n) is 8.47. The molecule has 26 heavy (non-hydrogen) atoms. The molecule has 1 N–H and O–H groups in total. The second kappa shape index (κ2) is 6.76. The van der Waals surface area contributed by atoms with Gasteiger partial charge in [-0.05, 0) is 59.0 Å². The molecule has 3 heterocycles. The minimum atomic E-state index is -2.20. The van der Waals surface area contributed by atoms with Gasteiger partial charge in [0.1, 0.15) is 10.3 Å². The molecule has 0 radical (unpaired) electrons. The summed E-state index contributed by atoms with van der Waals surface area (Å²) >= 11 is 3.42. The molecule has 0 saturated heterocycles. The largest absolute Gasteiger partial charge is 0.432 e. The van der Waals surface area contributed by atoms with E-state index in [1.807, 2.05) is 41.7 Å². The van der Waals surface area contributed by atoms with Gasteiger partial charge in [0.05, 0.1) is 5.56 Å². The molecule has 1 aliphatic heterocycles. The average molecular weight is 438 g/mol. The predicted octanol–water partition coefficient (Wildman–Crippen LogP) is 4.09. The Morgan fingerprint density at radius 3 is 2.69 bits per heavy atom. The van der Waals surface area contributed by atoms with E-state index in [0.29, 0.717) is 0 Å². The fourth-order valence-electron chi connectivity index (χ4n) is 3.59. The first-order valence-electron chi connectivity index (χ1n) is 9.18. The van der Waals surface area contributed by atoms with E-state index in [2.05, 4.69) is 34.8 Å². The molecule has 0 aromatic carbocycles. The van der Waals surface area contributed by atoms with Gasteiger partial charge in [-0.1, -0.05) is 13.8 Å². The number of aromatic nitrogens is 2. The zero-order chi connectivity index (χ0) is 19.3. The molecule has 0 unspecified atom stereocenters. The number of nitrogens with zero attached hydrogens (tertiary/aromatic N) is 3. The number of carbonyl (C=O) groups excluding carboxylic acids is 1. The third kappa shape index (κ3) is 3.36. The smallest absolute Gasteiger partial charge is 0.256 e. The van der Waals surface area contributed by atoms with Crippen molar-refractivity contribution in [2.75, 3.05) is 13.1 Å². The van der Waals surface area contributed by atoms with Crippen LogP contribution in [0.3, 0.4) is 0 Å². The van der Waals surface area contributed by atoms with Crippen molar-refractivity contribution in [2.45, 2.75) is 51.2 Å². The zero-order valence-corrected chi connectivity index (χ0v) is 18.9. The third-order valence-corrected chi connectivity index (χ3v) is 10.1. The van der Waals surface area contributed by atoms with Crippen LogP contribution in [0, 0.1) is 0 Å². The van der Waals surface area contributed by atoms with E-state index in [1.165, 1.54) is 0 Å². The Balaban J connectivity index is 1.78. The van der Waals surface area contributed by atoms with Crippen molar-refractivity contribution in [2.24, 2.45) is 7.05 Å². The van der Waals surface area contributed by atoms with E-state index in [4.69, 9.17) is 0 Å². The van der Waals surface area contributed by atoms with Gasteiger partial charge in [0.25, 0.3) is 5.91 Å². The maximum absolute atomic E-state index is 13.1. The van der Waals surface area contributed by atoms with Gasteiger partial charge in [0.15, 0.2) is 8.32 Å². The Kier molecular flexibility index (Phi) is 5.09. The van der Waals surface area contributed by atoms with Gasteiger partial charge >= 0.3 is 0 Å². The fraction of sp³-hybridized carbons (Fsp3) is 0.579. The van der Waals surface area contributed by atoms with Crippen molar-refractivity contribution >= 4 is 41.2 Å². The highest BCUT2D eigenvalue weighted by Gasteiger charge is 2.38. The molecule has 7 heteroatoms. The first-order chi connectivity index (χ1) is 12.0. The van der Waals surface area contributed by atoms with Crippen molar-refractivity contribution in [1.29, 1.82) is 0 Å². The normalized spacial score (nSPS) is 15.7. The molecule has 5 nitrogen and oxygen atoms in total. The minimum Gasteiger partial charge on any atom is -0.432 e. The van der Waals surface area contributed by atoms with Crippen molar-refractivity contribution < 1.29 is 9.59 Å². The van der Waals surface area contributed by atoms with Crippen molar-refractivity contribution in [3.8, 4) is 0 Å². The quantitative estimate of drug-likeness (QED) is 0.565. The average Bonchev–Trinajstić information content (AvgIpc) is 2.81. The molecule has 0 fully saturated rings. The Morgan fingerprint density at radius 2 is 2.04 bits per heavy atom. The van der Waals surface area contributed by atoms with E-state index in [0.717, 1.165) is 59.2 Å². The predicted molar refractivity (Wildman–Crippen MR) is 111 cm³/mol. The van der Waals surface area contributed by atoms with Gasteiger partial charge in [0, 0.05) is 37.6 Å². The number of halogens is 1. The van der Waals surface area contributed by atoms with Crippen molar-refractivity contribution in [3.63, 3.8) is 0 Å². The molecule has 0 atom stereocenters. The van der Waals surface area contributed by atoms with Gasteiger partial charge in [0.2, 0.25) is 0 Å². The van der Waals surface area contributed by atoms with E-state index in [9.17, 15) is 9.59 Å². The van der Waals surface area contributed by atoms with Crippen LogP contribution in [0.4, 0.5) is 0 Å². The third-order valence-electron chi connectivity index (χ3n) is 6.13. The summed E-state index contributed by atoms with van der Waals surface area (Å²) in [7, 11) is -0.218. The number of pyridine rings is 1. The van der Waals surface area contributed by atoms with E-state index >= 15 is 0 Å². The van der Waals surface area contributed by atoms with Crippen LogP contribution in [0.25, 0.3) is 11.0 Å². The van der Waals surface area contributed by atoms with Crippen LogP contribution in [0.5, 0.6) is 0 Å². The number of rotatable bonds is 5. The summed E-state index contributed by atoms with van der Waals surface area (Å²) in [6.07, 6.45) is 2.71. The summed E-state index contributed by atoms with van der Waals surface area (Å²) < 4.78 is 2.83. The Hall–Kier alpha value is -1.18. The summed E-state index contributed by atoms with van der Waals surface area (Å²) in [5.41, 5.74) is 2.75. The monoisotopic (exact) mass is 437 g/mol. The Bertz CT molecular complexity index is 855. The van der Waals surface area contributed by atoms with Crippen LogP contribution < -0.4 is 0 Å². The summed E-state index contributed by atoms with van der Waals surface area (Å²) in [6.45, 7) is 9.76. The number of carbonyl (C=O) groups is 1. The second-order valence-corrected chi connectivity index (χ2v) is 13.8.